The maximum Gasteiger partial charge on any atom is 0.306 e. The van der Waals surface area contributed by atoms with Crippen molar-refractivity contribution in [2.45, 2.75) is 39.0 Å². The molecule has 0 radical (unpaired) electrons. The maximum absolute atomic E-state index is 13.2. The molecule has 3 amide bonds. The molecular weight excluding hydrogens is 422 g/mol. The zero-order valence-corrected chi connectivity index (χ0v) is 18.9. The molecule has 0 saturated carbocycles. The van der Waals surface area contributed by atoms with Crippen molar-refractivity contribution in [2.24, 2.45) is 0 Å². The van der Waals surface area contributed by atoms with Gasteiger partial charge in [0.1, 0.15) is 6.54 Å². The van der Waals surface area contributed by atoms with E-state index in [-0.39, 0.29) is 42.6 Å². The van der Waals surface area contributed by atoms with Crippen molar-refractivity contribution in [3.63, 3.8) is 0 Å². The molecule has 0 saturated heterocycles. The molecule has 0 unspecified atom stereocenters. The molecule has 0 fully saturated rings. The molecule has 33 heavy (non-hydrogen) atoms. The monoisotopic (exact) mass is 451 g/mol. The van der Waals surface area contributed by atoms with Gasteiger partial charge in [0.25, 0.3) is 5.91 Å². The second kappa shape index (κ2) is 11.3. The van der Waals surface area contributed by atoms with Crippen LogP contribution in [0.3, 0.4) is 0 Å². The van der Waals surface area contributed by atoms with Gasteiger partial charge in [-0.05, 0) is 49.4 Å². The van der Waals surface area contributed by atoms with Gasteiger partial charge >= 0.3 is 5.97 Å². The molecule has 2 N–H and O–H groups in total. The first-order chi connectivity index (χ1) is 15.9. The van der Waals surface area contributed by atoms with E-state index in [0.29, 0.717) is 42.9 Å². The van der Waals surface area contributed by atoms with Crippen molar-refractivity contribution in [1.82, 2.24) is 4.90 Å². The number of ether oxygens (including phenoxy) is 1. The molecule has 3 rings (SSSR count). The molecule has 1 atom stereocenters. The number of fused-ring (bicyclic) bond motifs is 1. The SMILES string of the molecule is CCOC(=O)C[C@H](CCCN1CC(=O)Nc2ccc(NC(C)=O)cc2C1=O)c1ccccc1. The number of nitrogens with zero attached hydrogens (tertiary/aromatic N) is 1. The number of hydrogen-bond donors (Lipinski definition) is 2. The van der Waals surface area contributed by atoms with E-state index in [0.717, 1.165) is 5.56 Å². The Morgan fingerprint density at radius 1 is 1.15 bits per heavy atom. The number of hydrogen-bond acceptors (Lipinski definition) is 5. The van der Waals surface area contributed by atoms with Crippen LogP contribution >= 0.6 is 0 Å². The average molecular weight is 452 g/mol. The van der Waals surface area contributed by atoms with Crippen LogP contribution in [0.1, 0.15) is 54.9 Å². The van der Waals surface area contributed by atoms with E-state index in [1.54, 1.807) is 25.1 Å². The summed E-state index contributed by atoms with van der Waals surface area (Å²) >= 11 is 0. The second-order valence-electron chi connectivity index (χ2n) is 7.98. The van der Waals surface area contributed by atoms with Gasteiger partial charge in [-0.25, -0.2) is 0 Å². The number of carbonyl (C=O) groups excluding carboxylic acids is 4. The van der Waals surface area contributed by atoms with Crippen LogP contribution in [0.2, 0.25) is 0 Å². The van der Waals surface area contributed by atoms with E-state index in [4.69, 9.17) is 4.74 Å². The minimum atomic E-state index is -0.280. The molecule has 0 bridgehead atoms. The summed E-state index contributed by atoms with van der Waals surface area (Å²) in [7, 11) is 0. The average Bonchev–Trinajstić information content (AvgIpc) is 2.89. The number of anilines is 2. The Kier molecular flexibility index (Phi) is 8.18. The van der Waals surface area contributed by atoms with Crippen molar-refractivity contribution >= 4 is 35.1 Å². The third-order valence-corrected chi connectivity index (χ3v) is 5.44. The molecule has 1 aliphatic heterocycles. The highest BCUT2D eigenvalue weighted by molar-refractivity contribution is 6.09. The van der Waals surface area contributed by atoms with Crippen LogP contribution in [-0.2, 0) is 19.1 Å². The van der Waals surface area contributed by atoms with Gasteiger partial charge in [0.2, 0.25) is 11.8 Å². The van der Waals surface area contributed by atoms with Crippen molar-refractivity contribution in [3.8, 4) is 0 Å². The summed E-state index contributed by atoms with van der Waals surface area (Å²) < 4.78 is 5.13. The zero-order chi connectivity index (χ0) is 23.8. The van der Waals surface area contributed by atoms with Gasteiger partial charge in [0.05, 0.1) is 24.3 Å². The Morgan fingerprint density at radius 2 is 1.91 bits per heavy atom. The lowest BCUT2D eigenvalue weighted by Crippen LogP contribution is -2.36. The van der Waals surface area contributed by atoms with Gasteiger partial charge in [-0.1, -0.05) is 30.3 Å². The molecule has 8 heteroatoms. The van der Waals surface area contributed by atoms with Crippen molar-refractivity contribution < 1.29 is 23.9 Å². The van der Waals surface area contributed by atoms with E-state index < -0.39 is 0 Å². The summed E-state index contributed by atoms with van der Waals surface area (Å²) in [5.74, 6) is -1.10. The van der Waals surface area contributed by atoms with Gasteiger partial charge in [-0.2, -0.15) is 0 Å². The summed E-state index contributed by atoms with van der Waals surface area (Å²) in [6.07, 6.45) is 1.53. The van der Waals surface area contributed by atoms with Gasteiger partial charge in [-0.15, -0.1) is 0 Å². The fourth-order valence-corrected chi connectivity index (χ4v) is 3.96. The number of rotatable bonds is 9. The van der Waals surface area contributed by atoms with Gasteiger partial charge < -0.3 is 20.3 Å². The van der Waals surface area contributed by atoms with E-state index >= 15 is 0 Å². The van der Waals surface area contributed by atoms with Gasteiger partial charge in [-0.3, -0.25) is 19.2 Å². The molecule has 2 aromatic rings. The predicted molar refractivity (Wildman–Crippen MR) is 125 cm³/mol. The van der Waals surface area contributed by atoms with Crippen LogP contribution in [0, 0.1) is 0 Å². The first kappa shape index (κ1) is 24.0. The lowest BCUT2D eigenvalue weighted by molar-refractivity contribution is -0.143. The first-order valence-electron chi connectivity index (χ1n) is 11.1. The highest BCUT2D eigenvalue weighted by Gasteiger charge is 2.27. The highest BCUT2D eigenvalue weighted by Crippen LogP contribution is 2.28. The molecule has 1 heterocycles. The first-order valence-corrected chi connectivity index (χ1v) is 11.1. The molecule has 0 aliphatic carbocycles. The Hall–Kier alpha value is -3.68. The van der Waals surface area contributed by atoms with Gasteiger partial charge in [0.15, 0.2) is 0 Å². The fourth-order valence-electron chi connectivity index (χ4n) is 3.96. The summed E-state index contributed by atoms with van der Waals surface area (Å²) in [4.78, 5) is 50.5. The number of benzene rings is 2. The van der Waals surface area contributed by atoms with Crippen LogP contribution in [0.5, 0.6) is 0 Å². The van der Waals surface area contributed by atoms with E-state index in [9.17, 15) is 19.2 Å². The summed E-state index contributed by atoms with van der Waals surface area (Å²) in [5, 5.41) is 5.41. The fraction of sp³-hybridized carbons (Fsp3) is 0.360. The highest BCUT2D eigenvalue weighted by atomic mass is 16.5. The Bertz CT molecular complexity index is 1020. The molecular formula is C25H29N3O5. The Morgan fingerprint density at radius 3 is 2.61 bits per heavy atom. The third-order valence-electron chi connectivity index (χ3n) is 5.44. The lowest BCUT2D eigenvalue weighted by atomic mass is 9.91. The number of amides is 3. The van der Waals surface area contributed by atoms with Crippen LogP contribution < -0.4 is 10.6 Å². The minimum Gasteiger partial charge on any atom is -0.466 e. The molecule has 0 aromatic heterocycles. The quantitative estimate of drug-likeness (QED) is 0.567. The molecule has 0 spiro atoms. The smallest absolute Gasteiger partial charge is 0.306 e. The van der Waals surface area contributed by atoms with E-state index in [1.165, 1.54) is 11.8 Å². The second-order valence-corrected chi connectivity index (χ2v) is 7.98. The van der Waals surface area contributed by atoms with E-state index in [2.05, 4.69) is 10.6 Å². The third kappa shape index (κ3) is 6.65. The molecule has 2 aromatic carbocycles. The number of nitrogens with one attached hydrogen (secondary N) is 2. The lowest BCUT2D eigenvalue weighted by Gasteiger charge is -2.22. The van der Waals surface area contributed by atoms with Gasteiger partial charge in [0, 0.05) is 19.2 Å². The van der Waals surface area contributed by atoms with E-state index in [1.807, 2.05) is 30.3 Å². The number of carbonyl (C=O) groups is 4. The number of esters is 1. The van der Waals surface area contributed by atoms with Crippen LogP contribution in [0.4, 0.5) is 11.4 Å². The summed E-state index contributed by atoms with van der Waals surface area (Å²) in [6, 6.07) is 14.6. The van der Waals surface area contributed by atoms with Crippen molar-refractivity contribution in [3.05, 3.63) is 59.7 Å². The largest absolute Gasteiger partial charge is 0.466 e. The Balaban J connectivity index is 1.71. The van der Waals surface area contributed by atoms with Crippen LogP contribution in [0.15, 0.2) is 48.5 Å². The predicted octanol–water partition coefficient (Wildman–Crippen LogP) is 3.56. The van der Waals surface area contributed by atoms with Crippen molar-refractivity contribution in [2.75, 3.05) is 30.3 Å². The molecule has 174 valence electrons. The summed E-state index contributed by atoms with van der Waals surface area (Å²) in [5.41, 5.74) is 2.28. The zero-order valence-electron chi connectivity index (χ0n) is 18.9. The Labute approximate surface area is 193 Å². The minimum absolute atomic E-state index is 0.0418. The maximum atomic E-state index is 13.2. The van der Waals surface area contributed by atoms with Crippen molar-refractivity contribution in [1.29, 1.82) is 0 Å². The normalized spacial score (nSPS) is 14.1. The van der Waals surface area contributed by atoms with Crippen LogP contribution in [-0.4, -0.2) is 48.3 Å². The molecule has 1 aliphatic rings. The summed E-state index contributed by atoms with van der Waals surface area (Å²) in [6.45, 7) is 3.80. The van der Waals surface area contributed by atoms with Crippen LogP contribution in [0.25, 0.3) is 0 Å². The molecule has 8 nitrogen and oxygen atoms in total. The topological polar surface area (TPSA) is 105 Å². The standard InChI is InChI=1S/C25H29N3O5/c1-3-33-24(31)14-19(18-8-5-4-6-9-18)10-7-13-28-16-23(30)27-22-12-11-20(26-17(2)29)15-21(22)25(28)32/h4-6,8-9,11-12,15,19H,3,7,10,13-14,16H2,1-2H3,(H,26,29)(H,27,30)/t19-/m0/s1.